The Labute approximate surface area is 123 Å². The summed E-state index contributed by atoms with van der Waals surface area (Å²) >= 11 is 0. The molecule has 1 aromatic carbocycles. The van der Waals surface area contributed by atoms with E-state index in [1.54, 1.807) is 0 Å². The van der Waals surface area contributed by atoms with Crippen LogP contribution in [0.5, 0.6) is 0 Å². The molecule has 0 amide bonds. The minimum atomic E-state index is -0.260. The minimum Gasteiger partial charge on any atom is -0.390 e. The van der Waals surface area contributed by atoms with Crippen LogP contribution in [0.1, 0.15) is 31.7 Å². The Balaban J connectivity index is 1.74. The molecule has 1 aliphatic rings. The van der Waals surface area contributed by atoms with Gasteiger partial charge in [-0.1, -0.05) is 36.8 Å². The van der Waals surface area contributed by atoms with Crippen molar-refractivity contribution in [3.63, 3.8) is 0 Å². The summed E-state index contributed by atoms with van der Waals surface area (Å²) in [7, 11) is 2.08. The smallest absolute Gasteiger partial charge is 0.0793 e. The van der Waals surface area contributed by atoms with Gasteiger partial charge in [-0.3, -0.25) is 9.80 Å². The maximum Gasteiger partial charge on any atom is 0.0793 e. The molecule has 0 radical (unpaired) electrons. The van der Waals surface area contributed by atoms with Gasteiger partial charge in [-0.15, -0.1) is 0 Å². The standard InChI is InChI=1S/C17H28N2O/c1-15-8-6-7-11-19(15)14-17(20)13-18(2)12-16-9-4-3-5-10-16/h3-5,9-10,15,17,20H,6-8,11-14H2,1-2H3. The zero-order chi connectivity index (χ0) is 14.4. The highest BCUT2D eigenvalue weighted by Crippen LogP contribution is 2.16. The SMILES string of the molecule is CC1CCCCN1CC(O)CN(C)Cc1ccccc1. The predicted octanol–water partition coefficient (Wildman–Crippen LogP) is 2.35. The molecule has 20 heavy (non-hydrogen) atoms. The molecule has 3 heteroatoms. The molecule has 2 unspecified atom stereocenters. The first-order valence-electron chi connectivity index (χ1n) is 7.79. The van der Waals surface area contributed by atoms with Crippen LogP contribution >= 0.6 is 0 Å². The molecule has 0 saturated carbocycles. The second-order valence-electron chi connectivity index (χ2n) is 6.18. The van der Waals surface area contributed by atoms with E-state index in [4.69, 9.17) is 0 Å². The Hall–Kier alpha value is -0.900. The van der Waals surface area contributed by atoms with Gasteiger partial charge in [0.05, 0.1) is 6.10 Å². The van der Waals surface area contributed by atoms with Crippen LogP contribution < -0.4 is 0 Å². The summed E-state index contributed by atoms with van der Waals surface area (Å²) in [6.07, 6.45) is 3.62. The third kappa shape index (κ3) is 4.89. The van der Waals surface area contributed by atoms with Crippen molar-refractivity contribution in [3.8, 4) is 0 Å². The first-order valence-corrected chi connectivity index (χ1v) is 7.79. The molecule has 1 saturated heterocycles. The van der Waals surface area contributed by atoms with Gasteiger partial charge in [-0.2, -0.15) is 0 Å². The zero-order valence-corrected chi connectivity index (χ0v) is 12.8. The number of benzene rings is 1. The summed E-state index contributed by atoms with van der Waals surface area (Å²) in [5.41, 5.74) is 1.30. The summed E-state index contributed by atoms with van der Waals surface area (Å²) in [6.45, 7) is 5.85. The van der Waals surface area contributed by atoms with E-state index in [0.29, 0.717) is 6.04 Å². The van der Waals surface area contributed by atoms with Crippen LogP contribution in [0.25, 0.3) is 0 Å². The molecular weight excluding hydrogens is 248 g/mol. The summed E-state index contributed by atoms with van der Waals surface area (Å²) in [5, 5.41) is 10.3. The average molecular weight is 276 g/mol. The monoisotopic (exact) mass is 276 g/mol. The maximum absolute atomic E-state index is 10.3. The number of aliphatic hydroxyl groups excluding tert-OH is 1. The minimum absolute atomic E-state index is 0.260. The second kappa shape index (κ2) is 7.77. The van der Waals surface area contributed by atoms with E-state index in [1.165, 1.54) is 24.8 Å². The van der Waals surface area contributed by atoms with Gasteiger partial charge in [-0.25, -0.2) is 0 Å². The Bertz CT molecular complexity index is 382. The normalized spacial score (nSPS) is 22.1. The van der Waals surface area contributed by atoms with E-state index >= 15 is 0 Å². The fourth-order valence-electron chi connectivity index (χ4n) is 3.08. The Kier molecular flexibility index (Phi) is 6.02. The number of hydrogen-bond donors (Lipinski definition) is 1. The molecule has 1 heterocycles. The van der Waals surface area contributed by atoms with Crippen LogP contribution in [0.2, 0.25) is 0 Å². The van der Waals surface area contributed by atoms with Crippen molar-refractivity contribution in [2.24, 2.45) is 0 Å². The van der Waals surface area contributed by atoms with E-state index in [-0.39, 0.29) is 6.10 Å². The number of hydrogen-bond acceptors (Lipinski definition) is 3. The summed E-state index contributed by atoms with van der Waals surface area (Å²) in [5.74, 6) is 0. The fourth-order valence-corrected chi connectivity index (χ4v) is 3.08. The van der Waals surface area contributed by atoms with E-state index in [0.717, 1.165) is 26.2 Å². The highest BCUT2D eigenvalue weighted by molar-refractivity contribution is 5.14. The Morgan fingerprint density at radius 2 is 2.05 bits per heavy atom. The molecule has 1 N–H and O–H groups in total. The largest absolute Gasteiger partial charge is 0.390 e. The molecule has 0 bridgehead atoms. The zero-order valence-electron chi connectivity index (χ0n) is 12.8. The third-order valence-electron chi connectivity index (χ3n) is 4.20. The van der Waals surface area contributed by atoms with Crippen molar-refractivity contribution in [3.05, 3.63) is 35.9 Å². The van der Waals surface area contributed by atoms with Crippen LogP contribution in [-0.2, 0) is 6.54 Å². The first kappa shape index (κ1) is 15.5. The number of likely N-dealkylation sites (N-methyl/N-ethyl adjacent to an activating group) is 1. The molecule has 2 atom stereocenters. The molecule has 0 spiro atoms. The number of β-amino-alcohol motifs (C(OH)–C–C–N with tert-alkyl or cyclic N) is 1. The molecule has 112 valence electrons. The van der Waals surface area contributed by atoms with Crippen molar-refractivity contribution in [2.75, 3.05) is 26.7 Å². The number of aliphatic hydroxyl groups is 1. The fraction of sp³-hybridized carbons (Fsp3) is 0.647. The number of rotatable bonds is 6. The van der Waals surface area contributed by atoms with Gasteiger partial charge in [-0.05, 0) is 38.9 Å². The van der Waals surface area contributed by atoms with Gasteiger partial charge < -0.3 is 5.11 Å². The maximum atomic E-state index is 10.3. The van der Waals surface area contributed by atoms with Gasteiger partial charge >= 0.3 is 0 Å². The molecule has 2 rings (SSSR count). The molecule has 0 aromatic heterocycles. The lowest BCUT2D eigenvalue weighted by atomic mass is 10.0. The highest BCUT2D eigenvalue weighted by Gasteiger charge is 2.21. The Morgan fingerprint density at radius 1 is 1.30 bits per heavy atom. The molecule has 3 nitrogen and oxygen atoms in total. The molecule has 1 fully saturated rings. The highest BCUT2D eigenvalue weighted by atomic mass is 16.3. The van der Waals surface area contributed by atoms with Crippen LogP contribution in [0.15, 0.2) is 30.3 Å². The van der Waals surface area contributed by atoms with Crippen LogP contribution in [0, 0.1) is 0 Å². The van der Waals surface area contributed by atoms with E-state index in [9.17, 15) is 5.11 Å². The van der Waals surface area contributed by atoms with Crippen molar-refractivity contribution in [2.45, 2.75) is 44.9 Å². The molecule has 0 aliphatic carbocycles. The summed E-state index contributed by atoms with van der Waals surface area (Å²) in [6, 6.07) is 11.1. The lowest BCUT2D eigenvalue weighted by Crippen LogP contribution is -2.45. The quantitative estimate of drug-likeness (QED) is 0.864. The van der Waals surface area contributed by atoms with Crippen molar-refractivity contribution >= 4 is 0 Å². The Morgan fingerprint density at radius 3 is 2.75 bits per heavy atom. The number of likely N-dealkylation sites (tertiary alicyclic amines) is 1. The summed E-state index contributed by atoms with van der Waals surface area (Å²) in [4.78, 5) is 4.64. The van der Waals surface area contributed by atoms with E-state index in [1.807, 2.05) is 6.07 Å². The average Bonchev–Trinajstić information content (AvgIpc) is 2.42. The number of piperidine rings is 1. The van der Waals surface area contributed by atoms with Gasteiger partial charge in [0, 0.05) is 25.7 Å². The van der Waals surface area contributed by atoms with Crippen LogP contribution in [0.4, 0.5) is 0 Å². The molecule has 1 aliphatic heterocycles. The van der Waals surface area contributed by atoms with Gasteiger partial charge in [0.25, 0.3) is 0 Å². The third-order valence-corrected chi connectivity index (χ3v) is 4.20. The first-order chi connectivity index (χ1) is 9.65. The molecular formula is C17H28N2O. The van der Waals surface area contributed by atoms with E-state index in [2.05, 4.69) is 48.0 Å². The van der Waals surface area contributed by atoms with Crippen molar-refractivity contribution < 1.29 is 5.11 Å². The van der Waals surface area contributed by atoms with Crippen molar-refractivity contribution in [1.82, 2.24) is 9.80 Å². The topological polar surface area (TPSA) is 26.7 Å². The predicted molar refractivity (Wildman–Crippen MR) is 83.7 cm³/mol. The second-order valence-corrected chi connectivity index (χ2v) is 6.18. The lowest BCUT2D eigenvalue weighted by molar-refractivity contribution is 0.0525. The van der Waals surface area contributed by atoms with Crippen molar-refractivity contribution in [1.29, 1.82) is 0 Å². The molecule has 1 aromatic rings. The number of nitrogens with zero attached hydrogens (tertiary/aromatic N) is 2. The van der Waals surface area contributed by atoms with Gasteiger partial charge in [0.1, 0.15) is 0 Å². The lowest BCUT2D eigenvalue weighted by Gasteiger charge is -2.35. The van der Waals surface area contributed by atoms with Crippen LogP contribution in [0.3, 0.4) is 0 Å². The van der Waals surface area contributed by atoms with Gasteiger partial charge in [0.15, 0.2) is 0 Å². The summed E-state index contributed by atoms with van der Waals surface area (Å²) < 4.78 is 0. The van der Waals surface area contributed by atoms with E-state index < -0.39 is 0 Å². The van der Waals surface area contributed by atoms with Gasteiger partial charge in [0.2, 0.25) is 0 Å². The van der Waals surface area contributed by atoms with Crippen LogP contribution in [-0.4, -0.2) is 53.7 Å².